The molecular weight excluding hydrogens is 378 g/mol. The highest BCUT2D eigenvalue weighted by Crippen LogP contribution is 2.29. The zero-order valence-corrected chi connectivity index (χ0v) is 15.2. The van der Waals surface area contributed by atoms with Gasteiger partial charge in [0.05, 0.1) is 0 Å². The number of halogens is 3. The van der Waals surface area contributed by atoms with E-state index in [2.05, 4.69) is 15.3 Å². The molecule has 3 rings (SSSR count). The third kappa shape index (κ3) is 3.43. The standard InChI is InChI=1S/C18H15Cl2FN4O/c1-10-2-4-11(5-3-10)14-23-17(22)18(24-14,16(19)20)25-15(26)12-6-8-13(21)9-7-12/h2-9,16H,1H3,(H,25,26)(H2,22,23,24)/t18-/m1/s1. The fourth-order valence-electron chi connectivity index (χ4n) is 2.43. The van der Waals surface area contributed by atoms with Crippen molar-refractivity contribution in [2.24, 2.45) is 15.7 Å². The molecule has 1 aliphatic heterocycles. The van der Waals surface area contributed by atoms with Crippen molar-refractivity contribution >= 4 is 40.8 Å². The summed E-state index contributed by atoms with van der Waals surface area (Å²) >= 11 is 12.2. The van der Waals surface area contributed by atoms with Crippen LogP contribution in [0.4, 0.5) is 4.39 Å². The molecule has 0 aliphatic carbocycles. The third-order valence-electron chi connectivity index (χ3n) is 3.94. The van der Waals surface area contributed by atoms with Gasteiger partial charge >= 0.3 is 0 Å². The maximum atomic E-state index is 13.1. The first-order valence-electron chi connectivity index (χ1n) is 7.69. The molecule has 1 amide bonds. The molecule has 1 atom stereocenters. The summed E-state index contributed by atoms with van der Waals surface area (Å²) in [5.74, 6) is -0.722. The zero-order chi connectivity index (χ0) is 18.9. The van der Waals surface area contributed by atoms with E-state index in [1.807, 2.05) is 31.2 Å². The molecule has 0 spiro atoms. The average molecular weight is 393 g/mol. The van der Waals surface area contributed by atoms with Crippen LogP contribution in [0.1, 0.15) is 21.5 Å². The van der Waals surface area contributed by atoms with Gasteiger partial charge < -0.3 is 11.1 Å². The minimum Gasteiger partial charge on any atom is -0.383 e. The maximum Gasteiger partial charge on any atom is 0.253 e. The molecule has 0 saturated carbocycles. The van der Waals surface area contributed by atoms with Crippen molar-refractivity contribution in [1.29, 1.82) is 0 Å². The van der Waals surface area contributed by atoms with E-state index in [-0.39, 0.29) is 11.4 Å². The molecular formula is C18H15Cl2FN4O. The van der Waals surface area contributed by atoms with Crippen LogP contribution in [0.2, 0.25) is 0 Å². The summed E-state index contributed by atoms with van der Waals surface area (Å²) < 4.78 is 13.1. The van der Waals surface area contributed by atoms with E-state index in [1.54, 1.807) is 0 Å². The maximum absolute atomic E-state index is 13.1. The van der Waals surface area contributed by atoms with Crippen LogP contribution >= 0.6 is 23.2 Å². The van der Waals surface area contributed by atoms with E-state index in [0.717, 1.165) is 5.56 Å². The summed E-state index contributed by atoms with van der Waals surface area (Å²) in [6.45, 7) is 1.96. The molecule has 0 bridgehead atoms. The van der Waals surface area contributed by atoms with Crippen molar-refractivity contribution in [2.75, 3.05) is 0 Å². The van der Waals surface area contributed by atoms with Crippen LogP contribution in [0, 0.1) is 12.7 Å². The Morgan fingerprint density at radius 1 is 1.15 bits per heavy atom. The van der Waals surface area contributed by atoms with Crippen LogP contribution in [0.15, 0.2) is 58.5 Å². The molecule has 5 nitrogen and oxygen atoms in total. The number of amides is 1. The Morgan fingerprint density at radius 3 is 2.35 bits per heavy atom. The highest BCUT2D eigenvalue weighted by molar-refractivity contribution is 6.47. The quantitative estimate of drug-likeness (QED) is 0.783. The number of rotatable bonds is 4. The van der Waals surface area contributed by atoms with Crippen molar-refractivity contribution in [2.45, 2.75) is 17.4 Å². The number of nitrogens with zero attached hydrogens (tertiary/aromatic N) is 2. The second kappa shape index (κ2) is 7.05. The number of carbonyl (C=O) groups is 1. The van der Waals surface area contributed by atoms with Gasteiger partial charge in [0.25, 0.3) is 5.91 Å². The summed E-state index contributed by atoms with van der Waals surface area (Å²) in [5, 5.41) is 2.62. The molecule has 0 aromatic heterocycles. The predicted molar refractivity (Wildman–Crippen MR) is 101 cm³/mol. The molecule has 0 fully saturated rings. The molecule has 1 heterocycles. The number of hydrogen-bond donors (Lipinski definition) is 2. The largest absolute Gasteiger partial charge is 0.383 e. The SMILES string of the molecule is Cc1ccc(C2=N[C@@](NC(=O)c3ccc(F)cc3)(C(Cl)Cl)C(N)=N2)cc1. The predicted octanol–water partition coefficient (Wildman–Crippen LogP) is 3.18. The number of aliphatic imine (C=N–C) groups is 2. The Balaban J connectivity index is 1.95. The number of hydrogen-bond acceptors (Lipinski definition) is 4. The summed E-state index contributed by atoms with van der Waals surface area (Å²) in [6.07, 6.45) is 0. The molecule has 26 heavy (non-hydrogen) atoms. The molecule has 2 aromatic rings. The second-order valence-corrected chi connectivity index (χ2v) is 6.92. The lowest BCUT2D eigenvalue weighted by Crippen LogP contribution is -2.59. The first kappa shape index (κ1) is 18.4. The zero-order valence-electron chi connectivity index (χ0n) is 13.7. The number of benzene rings is 2. The first-order chi connectivity index (χ1) is 12.3. The van der Waals surface area contributed by atoms with E-state index in [4.69, 9.17) is 28.9 Å². The van der Waals surface area contributed by atoms with Gasteiger partial charge in [-0.25, -0.2) is 14.4 Å². The van der Waals surface area contributed by atoms with Crippen molar-refractivity contribution in [1.82, 2.24) is 5.32 Å². The van der Waals surface area contributed by atoms with Gasteiger partial charge in [0.2, 0.25) is 5.66 Å². The van der Waals surface area contributed by atoms with Crippen LogP contribution in [-0.4, -0.2) is 28.1 Å². The highest BCUT2D eigenvalue weighted by Gasteiger charge is 2.46. The molecule has 0 saturated heterocycles. The number of carbonyl (C=O) groups excluding carboxylic acids is 1. The van der Waals surface area contributed by atoms with Crippen LogP contribution in [0.3, 0.4) is 0 Å². The summed E-state index contributed by atoms with van der Waals surface area (Å²) in [5.41, 5.74) is 6.42. The Bertz CT molecular complexity index is 894. The van der Waals surface area contributed by atoms with Crippen molar-refractivity contribution < 1.29 is 9.18 Å². The van der Waals surface area contributed by atoms with E-state index in [0.29, 0.717) is 11.4 Å². The van der Waals surface area contributed by atoms with Gasteiger partial charge in [-0.3, -0.25) is 4.79 Å². The van der Waals surface area contributed by atoms with E-state index in [1.165, 1.54) is 24.3 Å². The van der Waals surface area contributed by atoms with Gasteiger partial charge in [0, 0.05) is 11.1 Å². The van der Waals surface area contributed by atoms with E-state index >= 15 is 0 Å². The number of alkyl halides is 2. The Kier molecular flexibility index (Phi) is 4.98. The molecule has 0 radical (unpaired) electrons. The lowest BCUT2D eigenvalue weighted by Gasteiger charge is -2.28. The minimum absolute atomic E-state index is 0.0291. The van der Waals surface area contributed by atoms with Crippen LogP contribution in [-0.2, 0) is 0 Å². The monoisotopic (exact) mass is 392 g/mol. The average Bonchev–Trinajstić information content (AvgIpc) is 2.94. The molecule has 134 valence electrons. The Labute approximate surface area is 159 Å². The highest BCUT2D eigenvalue weighted by atomic mass is 35.5. The van der Waals surface area contributed by atoms with Crippen molar-refractivity contribution in [3.05, 3.63) is 71.0 Å². The summed E-state index contributed by atoms with van der Waals surface area (Å²) in [7, 11) is 0. The van der Waals surface area contributed by atoms with Gasteiger partial charge in [0.15, 0.2) is 16.5 Å². The van der Waals surface area contributed by atoms with Crippen LogP contribution in [0.25, 0.3) is 0 Å². The Hall–Kier alpha value is -2.44. The van der Waals surface area contributed by atoms with E-state index in [9.17, 15) is 9.18 Å². The van der Waals surface area contributed by atoms with Gasteiger partial charge in [-0.2, -0.15) is 0 Å². The Morgan fingerprint density at radius 2 is 1.77 bits per heavy atom. The second-order valence-electron chi connectivity index (χ2n) is 5.83. The molecule has 0 unspecified atom stereocenters. The summed E-state index contributed by atoms with van der Waals surface area (Å²) in [4.78, 5) is 20.0. The lowest BCUT2D eigenvalue weighted by molar-refractivity contribution is 0.0928. The van der Waals surface area contributed by atoms with Crippen LogP contribution in [0.5, 0.6) is 0 Å². The smallest absolute Gasteiger partial charge is 0.253 e. The van der Waals surface area contributed by atoms with Gasteiger partial charge in [-0.15, -0.1) is 0 Å². The number of nitrogens with one attached hydrogen (secondary N) is 1. The molecule has 1 aliphatic rings. The fourth-order valence-corrected chi connectivity index (χ4v) is 2.86. The molecule has 3 N–H and O–H groups in total. The summed E-state index contributed by atoms with van der Waals surface area (Å²) in [6, 6.07) is 12.5. The topological polar surface area (TPSA) is 79.8 Å². The van der Waals surface area contributed by atoms with Gasteiger partial charge in [-0.1, -0.05) is 53.0 Å². The molecule has 8 heteroatoms. The number of aryl methyl sites for hydroxylation is 1. The van der Waals surface area contributed by atoms with Gasteiger partial charge in [-0.05, 0) is 31.2 Å². The van der Waals surface area contributed by atoms with Gasteiger partial charge in [0.1, 0.15) is 5.82 Å². The van der Waals surface area contributed by atoms with Crippen molar-refractivity contribution in [3.63, 3.8) is 0 Å². The minimum atomic E-state index is -1.60. The van der Waals surface area contributed by atoms with Crippen molar-refractivity contribution in [3.8, 4) is 0 Å². The lowest BCUT2D eigenvalue weighted by atomic mass is 10.1. The third-order valence-corrected chi connectivity index (χ3v) is 4.57. The normalized spacial score (nSPS) is 19.3. The number of nitrogens with two attached hydrogens (primary N) is 1. The number of amidine groups is 2. The first-order valence-corrected chi connectivity index (χ1v) is 8.57. The fraction of sp³-hybridized carbons (Fsp3) is 0.167. The van der Waals surface area contributed by atoms with E-state index < -0.39 is 22.2 Å². The van der Waals surface area contributed by atoms with Crippen LogP contribution < -0.4 is 11.1 Å². The molecule has 2 aromatic carbocycles.